The fraction of sp³-hybridized carbons (Fsp3) is 0.200. The van der Waals surface area contributed by atoms with Gasteiger partial charge in [0.2, 0.25) is 10.0 Å². The molecule has 0 aliphatic heterocycles. The number of hydrogen-bond acceptors (Lipinski definition) is 4. The number of nitrogens with zero attached hydrogens (tertiary/aromatic N) is 1. The van der Waals surface area contributed by atoms with Crippen LogP contribution in [-0.2, 0) is 10.0 Å². The molecule has 0 amide bonds. The lowest BCUT2D eigenvalue weighted by molar-refractivity contribution is 0.0698. The molecule has 1 unspecified atom stereocenters. The second-order valence-corrected chi connectivity index (χ2v) is 6.38. The number of nitriles is 1. The van der Waals surface area contributed by atoms with E-state index in [0.29, 0.717) is 0 Å². The van der Waals surface area contributed by atoms with Gasteiger partial charge >= 0.3 is 5.97 Å². The molecule has 9 heteroatoms. The molecule has 0 radical (unpaired) electrons. The van der Waals surface area contributed by atoms with E-state index in [1.54, 1.807) is 0 Å². The third kappa shape index (κ3) is 3.50. The van der Waals surface area contributed by atoms with Crippen molar-refractivity contribution in [2.75, 3.05) is 4.72 Å². The Hall–Kier alpha value is -1.49. The van der Waals surface area contributed by atoms with Crippen LogP contribution in [-0.4, -0.2) is 24.7 Å². The van der Waals surface area contributed by atoms with Gasteiger partial charge in [0, 0.05) is 5.02 Å². The van der Waals surface area contributed by atoms with Gasteiger partial charge in [0.1, 0.15) is 0 Å². The summed E-state index contributed by atoms with van der Waals surface area (Å²) in [5.41, 5.74) is -0.716. The molecule has 0 spiro atoms. The Balaban J connectivity index is 3.37. The molecule has 19 heavy (non-hydrogen) atoms. The van der Waals surface area contributed by atoms with Crippen LogP contribution in [0.1, 0.15) is 17.3 Å². The van der Waals surface area contributed by atoms with E-state index >= 15 is 0 Å². The molecule has 0 aromatic heterocycles. The quantitative estimate of drug-likeness (QED) is 0.884. The number of carbonyl (C=O) groups is 1. The first kappa shape index (κ1) is 15.6. The highest BCUT2D eigenvalue weighted by molar-refractivity contribution is 7.93. The largest absolute Gasteiger partial charge is 0.478 e. The minimum absolute atomic E-state index is 0.0543. The fourth-order valence-corrected chi connectivity index (χ4v) is 2.56. The summed E-state index contributed by atoms with van der Waals surface area (Å²) in [5.74, 6) is -1.40. The zero-order valence-electron chi connectivity index (χ0n) is 9.52. The molecule has 1 atom stereocenters. The summed E-state index contributed by atoms with van der Waals surface area (Å²) in [6, 6.07) is 3.80. The minimum Gasteiger partial charge on any atom is -0.478 e. The molecule has 1 aromatic rings. The lowest BCUT2D eigenvalue weighted by Gasteiger charge is -2.13. The topological polar surface area (TPSA) is 107 Å². The molecule has 0 aliphatic rings. The predicted octanol–water partition coefficient (Wildman–Crippen LogP) is 2.35. The highest BCUT2D eigenvalue weighted by Gasteiger charge is 2.24. The summed E-state index contributed by atoms with van der Waals surface area (Å²) < 4.78 is 25.4. The van der Waals surface area contributed by atoms with Crippen molar-refractivity contribution in [2.45, 2.75) is 12.2 Å². The molecule has 0 aliphatic carbocycles. The average Bonchev–Trinajstić information content (AvgIpc) is 2.30. The van der Waals surface area contributed by atoms with Gasteiger partial charge in [-0.25, -0.2) is 13.2 Å². The Morgan fingerprint density at radius 2 is 2.05 bits per heavy atom. The molecule has 102 valence electrons. The van der Waals surface area contributed by atoms with Gasteiger partial charge in [-0.3, -0.25) is 4.72 Å². The maximum absolute atomic E-state index is 11.7. The molecular formula is C10H8Cl2N2O4S. The molecule has 0 saturated heterocycles. The number of rotatable bonds is 4. The predicted molar refractivity (Wildman–Crippen MR) is 71.0 cm³/mol. The van der Waals surface area contributed by atoms with Crippen LogP contribution >= 0.6 is 23.2 Å². The van der Waals surface area contributed by atoms with Gasteiger partial charge in [-0.15, -0.1) is 0 Å². The normalized spacial score (nSPS) is 12.5. The lowest BCUT2D eigenvalue weighted by atomic mass is 10.2. The zero-order chi connectivity index (χ0) is 14.8. The molecule has 1 rings (SSSR count). The number of hydrogen-bond donors (Lipinski definition) is 2. The zero-order valence-corrected chi connectivity index (χ0v) is 11.8. The lowest BCUT2D eigenvalue weighted by Crippen LogP contribution is -2.25. The second kappa shape index (κ2) is 5.65. The smallest absolute Gasteiger partial charge is 0.337 e. The van der Waals surface area contributed by atoms with E-state index in [1.165, 1.54) is 12.1 Å². The van der Waals surface area contributed by atoms with Gasteiger partial charge in [0.05, 0.1) is 22.3 Å². The monoisotopic (exact) mass is 322 g/mol. The SMILES string of the molecule is CC(C#N)S(=O)(=O)Nc1c(Cl)cc(Cl)cc1C(=O)O. The van der Waals surface area contributed by atoms with Crippen LogP contribution < -0.4 is 4.72 Å². The maximum Gasteiger partial charge on any atom is 0.337 e. The van der Waals surface area contributed by atoms with Gasteiger partial charge in [-0.05, 0) is 19.1 Å². The van der Waals surface area contributed by atoms with E-state index in [1.807, 2.05) is 4.72 Å². The third-order valence-electron chi connectivity index (χ3n) is 2.18. The van der Waals surface area contributed by atoms with E-state index in [4.69, 9.17) is 33.6 Å². The van der Waals surface area contributed by atoms with Crippen molar-refractivity contribution in [3.63, 3.8) is 0 Å². The number of halogens is 2. The van der Waals surface area contributed by atoms with Crippen LogP contribution in [0.2, 0.25) is 10.0 Å². The van der Waals surface area contributed by atoms with Crippen molar-refractivity contribution < 1.29 is 18.3 Å². The van der Waals surface area contributed by atoms with Gasteiger partial charge in [0.25, 0.3) is 0 Å². The Labute approximate surface area is 119 Å². The number of anilines is 1. The van der Waals surface area contributed by atoms with Crippen molar-refractivity contribution in [1.29, 1.82) is 5.26 Å². The number of nitrogens with one attached hydrogen (secondary N) is 1. The maximum atomic E-state index is 11.7. The number of sulfonamides is 1. The van der Waals surface area contributed by atoms with E-state index in [2.05, 4.69) is 0 Å². The summed E-state index contributed by atoms with van der Waals surface area (Å²) >= 11 is 11.4. The standard InChI is InChI=1S/C10H8Cl2N2O4S/c1-5(4-13)19(17,18)14-9-7(10(15)16)2-6(11)3-8(9)12/h2-3,5,14H,1H3,(H,15,16). The Kier molecular flexibility index (Phi) is 4.63. The summed E-state index contributed by atoms with van der Waals surface area (Å²) in [6.45, 7) is 1.16. The summed E-state index contributed by atoms with van der Waals surface area (Å²) in [7, 11) is -4.06. The van der Waals surface area contributed by atoms with Crippen molar-refractivity contribution in [3.8, 4) is 6.07 Å². The Morgan fingerprint density at radius 1 is 1.47 bits per heavy atom. The van der Waals surface area contributed by atoms with Crippen LogP contribution in [0, 0.1) is 11.3 Å². The van der Waals surface area contributed by atoms with Gasteiger partial charge in [-0.2, -0.15) is 5.26 Å². The summed E-state index contributed by atoms with van der Waals surface area (Å²) in [4.78, 5) is 11.0. The van der Waals surface area contributed by atoms with Crippen LogP contribution in [0.5, 0.6) is 0 Å². The number of aromatic carboxylic acids is 1. The molecule has 0 heterocycles. The molecular weight excluding hydrogens is 315 g/mol. The van der Waals surface area contributed by atoms with Gasteiger partial charge < -0.3 is 5.11 Å². The number of carboxylic acid groups (broad SMARTS) is 1. The van der Waals surface area contributed by atoms with Crippen molar-refractivity contribution in [2.24, 2.45) is 0 Å². The number of benzene rings is 1. The first-order valence-electron chi connectivity index (χ1n) is 4.82. The molecule has 6 nitrogen and oxygen atoms in total. The van der Waals surface area contributed by atoms with Crippen LogP contribution in [0.15, 0.2) is 12.1 Å². The summed E-state index contributed by atoms with van der Waals surface area (Å²) in [5, 5.41) is 16.1. The molecule has 0 bridgehead atoms. The Bertz CT molecular complexity index is 667. The first-order chi connectivity index (χ1) is 8.69. The van der Waals surface area contributed by atoms with Crippen LogP contribution in [0.25, 0.3) is 0 Å². The minimum atomic E-state index is -4.06. The van der Waals surface area contributed by atoms with Crippen molar-refractivity contribution in [3.05, 3.63) is 27.7 Å². The molecule has 1 aromatic carbocycles. The van der Waals surface area contributed by atoms with Crippen molar-refractivity contribution in [1.82, 2.24) is 0 Å². The highest BCUT2D eigenvalue weighted by Crippen LogP contribution is 2.31. The van der Waals surface area contributed by atoms with Gasteiger partial charge in [0.15, 0.2) is 5.25 Å². The number of carboxylic acids is 1. The van der Waals surface area contributed by atoms with E-state index in [0.717, 1.165) is 13.0 Å². The van der Waals surface area contributed by atoms with E-state index < -0.39 is 26.8 Å². The second-order valence-electron chi connectivity index (χ2n) is 3.53. The first-order valence-corrected chi connectivity index (χ1v) is 7.13. The third-order valence-corrected chi connectivity index (χ3v) is 4.22. The van der Waals surface area contributed by atoms with Crippen LogP contribution in [0.3, 0.4) is 0 Å². The summed E-state index contributed by atoms with van der Waals surface area (Å²) in [6.07, 6.45) is 0. The van der Waals surface area contributed by atoms with Gasteiger partial charge in [-0.1, -0.05) is 23.2 Å². The van der Waals surface area contributed by atoms with Crippen molar-refractivity contribution >= 4 is 44.9 Å². The van der Waals surface area contributed by atoms with E-state index in [-0.39, 0.29) is 15.7 Å². The highest BCUT2D eigenvalue weighted by atomic mass is 35.5. The molecule has 2 N–H and O–H groups in total. The molecule has 0 saturated carbocycles. The fourth-order valence-electron chi connectivity index (χ4n) is 1.15. The Morgan fingerprint density at radius 3 is 2.53 bits per heavy atom. The van der Waals surface area contributed by atoms with Crippen LogP contribution in [0.4, 0.5) is 5.69 Å². The van der Waals surface area contributed by atoms with E-state index in [9.17, 15) is 13.2 Å². The molecule has 0 fully saturated rings. The average molecular weight is 323 g/mol.